The number of carbonyl (C=O) groups excluding carboxylic acids is 1. The Labute approximate surface area is 117 Å². The van der Waals surface area contributed by atoms with Crippen LogP contribution in [0.25, 0.3) is 0 Å². The van der Waals surface area contributed by atoms with Crippen molar-refractivity contribution in [3.8, 4) is 0 Å². The Morgan fingerprint density at radius 2 is 2.05 bits per heavy atom. The van der Waals surface area contributed by atoms with E-state index in [0.29, 0.717) is 11.5 Å². The van der Waals surface area contributed by atoms with Gasteiger partial charge >= 0.3 is 5.97 Å². The number of ether oxygens (including phenoxy) is 1. The maximum atomic E-state index is 11.9. The lowest BCUT2D eigenvalue weighted by Gasteiger charge is -2.17. The number of aryl methyl sites for hydroxylation is 1. The second-order valence-electron chi connectivity index (χ2n) is 4.44. The summed E-state index contributed by atoms with van der Waals surface area (Å²) < 4.78 is 4.83. The summed E-state index contributed by atoms with van der Waals surface area (Å²) in [6, 6.07) is 10.4. The largest absolute Gasteiger partial charge is 0.467 e. The number of rotatable bonds is 4. The molecule has 0 fully saturated rings. The fourth-order valence-corrected chi connectivity index (χ4v) is 1.81. The summed E-state index contributed by atoms with van der Waals surface area (Å²) in [6.45, 7) is 1.88. The smallest absolute Gasteiger partial charge is 0.333 e. The number of anilines is 2. The predicted octanol–water partition coefficient (Wildman–Crippen LogP) is 2.30. The summed E-state index contributed by atoms with van der Waals surface area (Å²) in [5.74, 6) is 0.157. The van der Waals surface area contributed by atoms with E-state index in [4.69, 9.17) is 10.5 Å². The third kappa shape index (κ3) is 3.06. The van der Waals surface area contributed by atoms with Gasteiger partial charge in [-0.2, -0.15) is 0 Å². The monoisotopic (exact) mass is 271 g/mol. The average Bonchev–Trinajstić information content (AvgIpc) is 2.48. The first kappa shape index (κ1) is 13.9. The number of benzene rings is 1. The van der Waals surface area contributed by atoms with Gasteiger partial charge in [-0.3, -0.25) is 0 Å². The Balaban J connectivity index is 2.28. The number of pyridine rings is 1. The van der Waals surface area contributed by atoms with E-state index in [0.717, 1.165) is 11.1 Å². The molecule has 0 spiro atoms. The molecule has 0 aliphatic carbocycles. The molecule has 1 heterocycles. The van der Waals surface area contributed by atoms with E-state index in [1.54, 1.807) is 12.3 Å². The van der Waals surface area contributed by atoms with Crippen LogP contribution in [0.2, 0.25) is 0 Å². The van der Waals surface area contributed by atoms with Crippen LogP contribution in [0, 0.1) is 6.92 Å². The molecule has 0 aliphatic rings. The molecule has 20 heavy (non-hydrogen) atoms. The summed E-state index contributed by atoms with van der Waals surface area (Å²) >= 11 is 0. The fourth-order valence-electron chi connectivity index (χ4n) is 1.81. The molecule has 0 saturated carbocycles. The van der Waals surface area contributed by atoms with Crippen molar-refractivity contribution in [2.24, 2.45) is 0 Å². The van der Waals surface area contributed by atoms with E-state index < -0.39 is 6.04 Å². The molecule has 1 atom stereocenters. The van der Waals surface area contributed by atoms with Crippen LogP contribution >= 0.6 is 0 Å². The Morgan fingerprint density at radius 3 is 2.65 bits per heavy atom. The molecule has 0 radical (unpaired) electrons. The molecule has 104 valence electrons. The number of nitrogens with zero attached hydrogens (tertiary/aromatic N) is 1. The van der Waals surface area contributed by atoms with E-state index in [1.165, 1.54) is 7.11 Å². The maximum Gasteiger partial charge on any atom is 0.333 e. The van der Waals surface area contributed by atoms with Crippen LogP contribution in [0.5, 0.6) is 0 Å². The van der Waals surface area contributed by atoms with Crippen LogP contribution in [-0.4, -0.2) is 18.1 Å². The minimum Gasteiger partial charge on any atom is -0.467 e. The Kier molecular flexibility index (Phi) is 4.20. The van der Waals surface area contributed by atoms with Crippen molar-refractivity contribution in [2.75, 3.05) is 18.2 Å². The number of esters is 1. The lowest BCUT2D eigenvalue weighted by molar-refractivity contribution is -0.141. The first-order valence-corrected chi connectivity index (χ1v) is 6.23. The van der Waals surface area contributed by atoms with E-state index in [9.17, 15) is 4.79 Å². The molecule has 3 N–H and O–H groups in total. The molecular formula is C15H17N3O2. The summed E-state index contributed by atoms with van der Waals surface area (Å²) in [5.41, 5.74) is 8.17. The number of nitrogens with one attached hydrogen (secondary N) is 1. The van der Waals surface area contributed by atoms with Gasteiger partial charge in [0.15, 0.2) is 6.04 Å². The Hall–Kier alpha value is -2.56. The number of methoxy groups -OCH3 is 1. The van der Waals surface area contributed by atoms with E-state index in [-0.39, 0.29) is 5.97 Å². The fraction of sp³-hybridized carbons (Fsp3) is 0.200. The summed E-state index contributed by atoms with van der Waals surface area (Å²) in [6.07, 6.45) is 1.66. The zero-order chi connectivity index (χ0) is 14.5. The van der Waals surface area contributed by atoms with Gasteiger partial charge < -0.3 is 15.8 Å². The van der Waals surface area contributed by atoms with Gasteiger partial charge in [0.2, 0.25) is 0 Å². The lowest BCUT2D eigenvalue weighted by Crippen LogP contribution is -2.22. The zero-order valence-electron chi connectivity index (χ0n) is 11.5. The second-order valence-corrected chi connectivity index (χ2v) is 4.44. The molecule has 0 aliphatic heterocycles. The van der Waals surface area contributed by atoms with Gasteiger partial charge in [0.25, 0.3) is 0 Å². The molecule has 5 heteroatoms. The van der Waals surface area contributed by atoms with Crippen LogP contribution in [0.1, 0.15) is 17.2 Å². The highest BCUT2D eigenvalue weighted by Gasteiger charge is 2.21. The first-order chi connectivity index (χ1) is 9.61. The van der Waals surface area contributed by atoms with Gasteiger partial charge in [0.05, 0.1) is 7.11 Å². The standard InChI is InChI=1S/C15H17N3O2/c1-10-9-17-13(8-12(10)16)18-14(15(19)20-2)11-6-4-3-5-7-11/h3-9,14H,1-2H3,(H3,16,17,18). The molecule has 0 bridgehead atoms. The highest BCUT2D eigenvalue weighted by atomic mass is 16.5. The molecule has 2 rings (SSSR count). The highest BCUT2D eigenvalue weighted by molar-refractivity contribution is 5.80. The summed E-state index contributed by atoms with van der Waals surface area (Å²) in [4.78, 5) is 16.1. The number of aromatic nitrogens is 1. The number of hydrogen-bond donors (Lipinski definition) is 2. The van der Waals surface area contributed by atoms with Crippen LogP contribution in [0.3, 0.4) is 0 Å². The van der Waals surface area contributed by atoms with Crippen LogP contribution in [0.4, 0.5) is 11.5 Å². The van der Waals surface area contributed by atoms with Crippen molar-refractivity contribution in [1.82, 2.24) is 4.98 Å². The third-order valence-corrected chi connectivity index (χ3v) is 3.01. The molecular weight excluding hydrogens is 254 g/mol. The summed E-state index contributed by atoms with van der Waals surface area (Å²) in [7, 11) is 1.36. The normalized spacial score (nSPS) is 11.7. The van der Waals surface area contributed by atoms with Gasteiger partial charge in [-0.25, -0.2) is 9.78 Å². The van der Waals surface area contributed by atoms with Crippen molar-refractivity contribution in [3.05, 3.63) is 53.7 Å². The minimum absolute atomic E-state index is 0.378. The summed E-state index contributed by atoms with van der Waals surface area (Å²) in [5, 5.41) is 3.05. The SMILES string of the molecule is COC(=O)C(Nc1cc(N)c(C)cn1)c1ccccc1. The van der Waals surface area contributed by atoms with Crippen LogP contribution in [0.15, 0.2) is 42.6 Å². The molecule has 1 aromatic heterocycles. The maximum absolute atomic E-state index is 11.9. The van der Waals surface area contributed by atoms with Gasteiger partial charge in [-0.05, 0) is 18.1 Å². The Morgan fingerprint density at radius 1 is 1.35 bits per heavy atom. The van der Waals surface area contributed by atoms with Gasteiger partial charge in [-0.1, -0.05) is 30.3 Å². The molecule has 1 unspecified atom stereocenters. The molecule has 1 aromatic carbocycles. The van der Waals surface area contributed by atoms with Gasteiger partial charge in [-0.15, -0.1) is 0 Å². The van der Waals surface area contributed by atoms with Crippen molar-refractivity contribution < 1.29 is 9.53 Å². The van der Waals surface area contributed by atoms with Crippen molar-refractivity contribution in [2.45, 2.75) is 13.0 Å². The van der Waals surface area contributed by atoms with Crippen LogP contribution < -0.4 is 11.1 Å². The quantitative estimate of drug-likeness (QED) is 0.834. The Bertz CT molecular complexity index is 599. The lowest BCUT2D eigenvalue weighted by atomic mass is 10.1. The topological polar surface area (TPSA) is 77.2 Å². The second kappa shape index (κ2) is 6.06. The highest BCUT2D eigenvalue weighted by Crippen LogP contribution is 2.21. The number of hydrogen-bond acceptors (Lipinski definition) is 5. The number of nitrogens with two attached hydrogens (primary N) is 1. The number of carbonyl (C=O) groups is 1. The van der Waals surface area contributed by atoms with Gasteiger partial charge in [0, 0.05) is 18.0 Å². The van der Waals surface area contributed by atoms with E-state index in [1.807, 2.05) is 37.3 Å². The average molecular weight is 271 g/mol. The molecule has 0 saturated heterocycles. The molecule has 2 aromatic rings. The van der Waals surface area contributed by atoms with Crippen LogP contribution in [-0.2, 0) is 9.53 Å². The minimum atomic E-state index is -0.615. The van der Waals surface area contributed by atoms with Crippen molar-refractivity contribution in [3.63, 3.8) is 0 Å². The molecule has 5 nitrogen and oxygen atoms in total. The third-order valence-electron chi connectivity index (χ3n) is 3.01. The molecule has 0 amide bonds. The number of nitrogen functional groups attached to an aromatic ring is 1. The zero-order valence-corrected chi connectivity index (χ0v) is 11.5. The predicted molar refractivity (Wildman–Crippen MR) is 78.2 cm³/mol. The van der Waals surface area contributed by atoms with Gasteiger partial charge in [0.1, 0.15) is 5.82 Å². The van der Waals surface area contributed by atoms with Crippen molar-refractivity contribution >= 4 is 17.5 Å². The van der Waals surface area contributed by atoms with E-state index >= 15 is 0 Å². The first-order valence-electron chi connectivity index (χ1n) is 6.23. The van der Waals surface area contributed by atoms with E-state index in [2.05, 4.69) is 10.3 Å². The van der Waals surface area contributed by atoms with Crippen molar-refractivity contribution in [1.29, 1.82) is 0 Å².